The lowest BCUT2D eigenvalue weighted by Crippen LogP contribution is -2.44. The molecule has 8 heteroatoms. The molecule has 4 aromatic rings. The van der Waals surface area contributed by atoms with Crippen molar-refractivity contribution < 1.29 is 9.59 Å². The van der Waals surface area contributed by atoms with E-state index in [1.54, 1.807) is 0 Å². The number of aromatic nitrogens is 2. The number of rotatable bonds is 8. The monoisotopic (exact) mass is 524 g/mol. The van der Waals surface area contributed by atoms with E-state index in [-0.39, 0.29) is 17.9 Å². The van der Waals surface area contributed by atoms with Crippen LogP contribution in [-0.2, 0) is 17.9 Å². The SMILES string of the molecule is CC(=O)Nc1ccc(CN(C)c2c(C)nc3ccc(C(=O)NC4CCN(Cc5ccccc5)CC4)cn23)cc1. The number of amides is 2. The fourth-order valence-corrected chi connectivity index (χ4v) is 5.34. The molecule has 0 unspecified atom stereocenters. The quantitative estimate of drug-likeness (QED) is 0.351. The Labute approximate surface area is 229 Å². The number of fused-ring (bicyclic) bond motifs is 1. The highest BCUT2D eigenvalue weighted by atomic mass is 16.2. The maximum Gasteiger partial charge on any atom is 0.252 e. The van der Waals surface area contributed by atoms with Crippen LogP contribution in [0.2, 0.25) is 0 Å². The number of nitrogens with zero attached hydrogens (tertiary/aromatic N) is 4. The van der Waals surface area contributed by atoms with Gasteiger partial charge in [0.2, 0.25) is 5.91 Å². The van der Waals surface area contributed by atoms with E-state index in [0.717, 1.165) is 60.9 Å². The van der Waals surface area contributed by atoms with Gasteiger partial charge in [0.15, 0.2) is 0 Å². The Bertz CT molecular complexity index is 1440. The van der Waals surface area contributed by atoms with Crippen LogP contribution in [0, 0.1) is 6.92 Å². The van der Waals surface area contributed by atoms with Gasteiger partial charge in [-0.1, -0.05) is 42.5 Å². The Hall–Kier alpha value is -4.17. The van der Waals surface area contributed by atoms with E-state index in [1.165, 1.54) is 12.5 Å². The van der Waals surface area contributed by atoms with Crippen molar-refractivity contribution in [3.8, 4) is 0 Å². The molecule has 202 valence electrons. The lowest BCUT2D eigenvalue weighted by Gasteiger charge is -2.32. The van der Waals surface area contributed by atoms with Gasteiger partial charge in [-0.2, -0.15) is 0 Å². The predicted octanol–water partition coefficient (Wildman–Crippen LogP) is 4.63. The lowest BCUT2D eigenvalue weighted by atomic mass is 10.0. The Morgan fingerprint density at radius 1 is 0.974 bits per heavy atom. The molecule has 0 atom stereocenters. The molecule has 2 amide bonds. The number of hydrogen-bond acceptors (Lipinski definition) is 5. The second-order valence-electron chi connectivity index (χ2n) is 10.4. The molecule has 8 nitrogen and oxygen atoms in total. The Morgan fingerprint density at radius 2 is 1.69 bits per heavy atom. The van der Waals surface area contributed by atoms with Gasteiger partial charge in [-0.3, -0.25) is 18.9 Å². The molecular weight excluding hydrogens is 488 g/mol. The molecule has 0 aliphatic carbocycles. The summed E-state index contributed by atoms with van der Waals surface area (Å²) in [6.45, 7) is 7.04. The molecule has 3 heterocycles. The third-order valence-electron chi connectivity index (χ3n) is 7.25. The van der Waals surface area contributed by atoms with Crippen molar-refractivity contribution in [2.45, 2.75) is 45.8 Å². The molecule has 2 aromatic carbocycles. The zero-order valence-electron chi connectivity index (χ0n) is 22.9. The summed E-state index contributed by atoms with van der Waals surface area (Å²) in [4.78, 5) is 33.8. The van der Waals surface area contributed by atoms with Gasteiger partial charge in [-0.15, -0.1) is 0 Å². The number of anilines is 2. The van der Waals surface area contributed by atoms with Gasteiger partial charge in [-0.25, -0.2) is 4.98 Å². The minimum atomic E-state index is -0.0884. The molecule has 0 saturated carbocycles. The highest BCUT2D eigenvalue weighted by Gasteiger charge is 2.22. The number of aryl methyl sites for hydroxylation is 1. The number of imidazole rings is 1. The third-order valence-corrected chi connectivity index (χ3v) is 7.25. The van der Waals surface area contributed by atoms with Crippen molar-refractivity contribution in [1.29, 1.82) is 0 Å². The van der Waals surface area contributed by atoms with Gasteiger partial charge in [0.25, 0.3) is 5.91 Å². The minimum absolute atomic E-state index is 0.0491. The molecule has 0 radical (unpaired) electrons. The summed E-state index contributed by atoms with van der Waals surface area (Å²) in [7, 11) is 2.02. The summed E-state index contributed by atoms with van der Waals surface area (Å²) in [5, 5.41) is 6.05. The number of nitrogens with one attached hydrogen (secondary N) is 2. The molecule has 0 bridgehead atoms. The summed E-state index contributed by atoms with van der Waals surface area (Å²) in [6, 6.07) is 22.3. The van der Waals surface area contributed by atoms with Crippen LogP contribution in [0.5, 0.6) is 0 Å². The largest absolute Gasteiger partial charge is 0.355 e. The number of carbonyl (C=O) groups is 2. The van der Waals surface area contributed by atoms with Crippen LogP contribution in [0.3, 0.4) is 0 Å². The first-order valence-corrected chi connectivity index (χ1v) is 13.5. The first kappa shape index (κ1) is 26.4. The van der Waals surface area contributed by atoms with Crippen LogP contribution in [0.25, 0.3) is 5.65 Å². The second kappa shape index (κ2) is 11.7. The van der Waals surface area contributed by atoms with Gasteiger partial charge >= 0.3 is 0 Å². The lowest BCUT2D eigenvalue weighted by molar-refractivity contribution is -0.114. The van der Waals surface area contributed by atoms with Crippen molar-refractivity contribution >= 4 is 29.0 Å². The van der Waals surface area contributed by atoms with Crippen LogP contribution in [0.15, 0.2) is 72.9 Å². The minimum Gasteiger partial charge on any atom is -0.355 e. The standard InChI is InChI=1S/C31H36N6O2/c1-22-31(35(3)19-25-9-12-27(13-10-25)33-23(2)38)37-21-26(11-14-29(37)32-22)30(39)34-28-15-17-36(18-16-28)20-24-7-5-4-6-8-24/h4-14,21,28H,15-20H2,1-3H3,(H,33,38)(H,34,39). The predicted molar refractivity (Wildman–Crippen MR) is 155 cm³/mol. The van der Waals surface area contributed by atoms with Crippen molar-refractivity contribution in [1.82, 2.24) is 19.6 Å². The molecule has 1 aliphatic rings. The third kappa shape index (κ3) is 6.46. The van der Waals surface area contributed by atoms with Crippen molar-refractivity contribution in [2.24, 2.45) is 0 Å². The fourth-order valence-electron chi connectivity index (χ4n) is 5.34. The summed E-state index contributed by atoms with van der Waals surface area (Å²) >= 11 is 0. The molecular formula is C31H36N6O2. The van der Waals surface area contributed by atoms with E-state index in [0.29, 0.717) is 12.1 Å². The number of likely N-dealkylation sites (tertiary alicyclic amines) is 1. The molecule has 5 rings (SSSR count). The van der Waals surface area contributed by atoms with E-state index in [2.05, 4.69) is 44.7 Å². The average molecular weight is 525 g/mol. The zero-order valence-corrected chi connectivity index (χ0v) is 22.9. The van der Waals surface area contributed by atoms with Crippen LogP contribution < -0.4 is 15.5 Å². The maximum atomic E-state index is 13.2. The first-order chi connectivity index (χ1) is 18.9. The first-order valence-electron chi connectivity index (χ1n) is 13.5. The summed E-state index contributed by atoms with van der Waals surface area (Å²) in [5.41, 5.74) is 5.54. The average Bonchev–Trinajstić information content (AvgIpc) is 3.26. The number of piperidine rings is 1. The van der Waals surface area contributed by atoms with Crippen molar-refractivity contribution in [3.05, 3.63) is 95.3 Å². The van der Waals surface area contributed by atoms with Crippen molar-refractivity contribution in [3.63, 3.8) is 0 Å². The van der Waals surface area contributed by atoms with E-state index < -0.39 is 0 Å². The van der Waals surface area contributed by atoms with E-state index in [9.17, 15) is 9.59 Å². The number of pyridine rings is 1. The van der Waals surface area contributed by atoms with Crippen LogP contribution >= 0.6 is 0 Å². The molecule has 1 fully saturated rings. The van der Waals surface area contributed by atoms with Gasteiger partial charge in [0.1, 0.15) is 11.5 Å². The zero-order chi connectivity index (χ0) is 27.4. The number of hydrogen-bond donors (Lipinski definition) is 2. The summed E-state index contributed by atoms with van der Waals surface area (Å²) < 4.78 is 2.00. The molecule has 0 spiro atoms. The summed E-state index contributed by atoms with van der Waals surface area (Å²) in [6.07, 6.45) is 3.78. The number of benzene rings is 2. The van der Waals surface area contributed by atoms with E-state index in [4.69, 9.17) is 4.98 Å². The Kier molecular flexibility index (Phi) is 7.93. The summed E-state index contributed by atoms with van der Waals surface area (Å²) in [5.74, 6) is 0.807. The van der Waals surface area contributed by atoms with Gasteiger partial charge < -0.3 is 15.5 Å². The molecule has 2 N–H and O–H groups in total. The normalized spacial score (nSPS) is 14.3. The molecule has 39 heavy (non-hydrogen) atoms. The second-order valence-corrected chi connectivity index (χ2v) is 10.4. The Balaban J connectivity index is 1.23. The van der Waals surface area contributed by atoms with E-state index >= 15 is 0 Å². The molecule has 1 aliphatic heterocycles. The van der Waals surface area contributed by atoms with Gasteiger partial charge in [0, 0.05) is 58.1 Å². The number of carbonyl (C=O) groups excluding carboxylic acids is 2. The smallest absolute Gasteiger partial charge is 0.252 e. The van der Waals surface area contributed by atoms with Gasteiger partial charge in [0.05, 0.1) is 11.3 Å². The van der Waals surface area contributed by atoms with E-state index in [1.807, 2.05) is 67.0 Å². The van der Waals surface area contributed by atoms with Crippen LogP contribution in [0.4, 0.5) is 11.5 Å². The van der Waals surface area contributed by atoms with Crippen LogP contribution in [0.1, 0.15) is 46.9 Å². The highest BCUT2D eigenvalue weighted by Crippen LogP contribution is 2.24. The maximum absolute atomic E-state index is 13.2. The van der Waals surface area contributed by atoms with Crippen LogP contribution in [-0.4, -0.2) is 52.3 Å². The van der Waals surface area contributed by atoms with Crippen molar-refractivity contribution in [2.75, 3.05) is 30.4 Å². The molecule has 1 saturated heterocycles. The van der Waals surface area contributed by atoms with Gasteiger partial charge in [-0.05, 0) is 55.2 Å². The molecule has 2 aromatic heterocycles. The fraction of sp³-hybridized carbons (Fsp3) is 0.323. The highest BCUT2D eigenvalue weighted by molar-refractivity contribution is 5.94. The topological polar surface area (TPSA) is 82.0 Å². The Morgan fingerprint density at radius 3 is 2.38 bits per heavy atom.